The molecule has 1 aromatic rings. The molecule has 0 fully saturated rings. The van der Waals surface area contributed by atoms with E-state index >= 15 is 0 Å². The molecule has 0 amide bonds. The highest BCUT2D eigenvalue weighted by molar-refractivity contribution is 5.13. The van der Waals surface area contributed by atoms with Crippen molar-refractivity contribution < 1.29 is 4.74 Å². The van der Waals surface area contributed by atoms with E-state index in [1.165, 1.54) is 5.56 Å². The molecular formula is C8H14N2O. The molecule has 0 saturated heterocycles. The molecule has 0 aromatic carbocycles. The van der Waals surface area contributed by atoms with Gasteiger partial charge in [-0.3, -0.25) is 4.68 Å². The zero-order valence-electron chi connectivity index (χ0n) is 7.29. The van der Waals surface area contributed by atoms with Crippen LogP contribution in [0.25, 0.3) is 0 Å². The third kappa shape index (κ3) is 1.80. The topological polar surface area (TPSA) is 27.1 Å². The van der Waals surface area contributed by atoms with E-state index in [4.69, 9.17) is 4.74 Å². The molecule has 0 bridgehead atoms. The molecule has 0 saturated carbocycles. The summed E-state index contributed by atoms with van der Waals surface area (Å²) in [6.45, 7) is 5.45. The van der Waals surface area contributed by atoms with Crippen molar-refractivity contribution in [3.05, 3.63) is 17.5 Å². The number of aryl methyl sites for hydroxylation is 2. The molecule has 0 unspecified atom stereocenters. The summed E-state index contributed by atoms with van der Waals surface area (Å²) in [4.78, 5) is 0. The quantitative estimate of drug-likeness (QED) is 0.655. The summed E-state index contributed by atoms with van der Waals surface area (Å²) in [7, 11) is 1.93. The predicted octanol–water partition coefficient (Wildman–Crippen LogP) is 1.27. The molecule has 0 radical (unpaired) electrons. The van der Waals surface area contributed by atoms with Crippen LogP contribution in [-0.4, -0.2) is 16.4 Å². The first-order valence-electron chi connectivity index (χ1n) is 3.81. The lowest BCUT2D eigenvalue weighted by Gasteiger charge is -2.02. The van der Waals surface area contributed by atoms with Gasteiger partial charge in [-0.1, -0.05) is 0 Å². The molecule has 0 atom stereocenters. The van der Waals surface area contributed by atoms with Crippen LogP contribution in [0.5, 0.6) is 0 Å². The van der Waals surface area contributed by atoms with Crippen LogP contribution in [0.2, 0.25) is 0 Å². The van der Waals surface area contributed by atoms with Gasteiger partial charge in [0.1, 0.15) is 0 Å². The van der Waals surface area contributed by atoms with Gasteiger partial charge in [0.15, 0.2) is 0 Å². The van der Waals surface area contributed by atoms with Gasteiger partial charge >= 0.3 is 0 Å². The number of aromatic nitrogens is 2. The third-order valence-corrected chi connectivity index (χ3v) is 1.71. The number of hydrogen-bond donors (Lipinski definition) is 0. The normalized spacial score (nSPS) is 10.5. The van der Waals surface area contributed by atoms with Crippen LogP contribution in [-0.2, 0) is 18.4 Å². The second-order valence-corrected chi connectivity index (χ2v) is 2.54. The molecular weight excluding hydrogens is 140 g/mol. The highest BCUT2D eigenvalue weighted by Crippen LogP contribution is 2.06. The third-order valence-electron chi connectivity index (χ3n) is 1.71. The first-order chi connectivity index (χ1) is 5.25. The van der Waals surface area contributed by atoms with Gasteiger partial charge in [0.05, 0.1) is 18.5 Å². The van der Waals surface area contributed by atoms with Crippen LogP contribution >= 0.6 is 0 Å². The molecule has 0 aliphatic heterocycles. The summed E-state index contributed by atoms with van der Waals surface area (Å²) in [5.74, 6) is 0. The van der Waals surface area contributed by atoms with Crippen molar-refractivity contribution in [1.82, 2.24) is 9.78 Å². The lowest BCUT2D eigenvalue weighted by atomic mass is 10.3. The molecule has 0 aliphatic rings. The largest absolute Gasteiger partial charge is 0.375 e. The Kier molecular flexibility index (Phi) is 2.65. The maximum absolute atomic E-state index is 5.28. The minimum Gasteiger partial charge on any atom is -0.375 e. The van der Waals surface area contributed by atoms with Crippen molar-refractivity contribution in [2.75, 3.05) is 6.61 Å². The average Bonchev–Trinajstić information content (AvgIpc) is 2.29. The maximum Gasteiger partial charge on any atom is 0.0887 e. The lowest BCUT2D eigenvalue weighted by Crippen LogP contribution is -2.01. The Bertz CT molecular complexity index is 210. The molecule has 11 heavy (non-hydrogen) atoms. The van der Waals surface area contributed by atoms with Crippen molar-refractivity contribution in [1.29, 1.82) is 0 Å². The van der Waals surface area contributed by atoms with Crippen LogP contribution < -0.4 is 0 Å². The first kappa shape index (κ1) is 8.27. The monoisotopic (exact) mass is 154 g/mol. The second-order valence-electron chi connectivity index (χ2n) is 2.54. The van der Waals surface area contributed by atoms with Gasteiger partial charge in [-0.2, -0.15) is 5.10 Å². The predicted molar refractivity (Wildman–Crippen MR) is 43.3 cm³/mol. The fraction of sp³-hybridized carbons (Fsp3) is 0.625. The van der Waals surface area contributed by atoms with Crippen LogP contribution in [0.4, 0.5) is 0 Å². The van der Waals surface area contributed by atoms with Gasteiger partial charge in [-0.25, -0.2) is 0 Å². The second kappa shape index (κ2) is 3.53. The van der Waals surface area contributed by atoms with Gasteiger partial charge in [0.2, 0.25) is 0 Å². The molecule has 0 spiro atoms. The van der Waals surface area contributed by atoms with Crippen molar-refractivity contribution in [2.24, 2.45) is 7.05 Å². The number of nitrogens with zero attached hydrogens (tertiary/aromatic N) is 2. The smallest absolute Gasteiger partial charge is 0.0887 e. The highest BCUT2D eigenvalue weighted by Gasteiger charge is 2.02. The van der Waals surface area contributed by atoms with E-state index in [1.807, 2.05) is 31.8 Å². The van der Waals surface area contributed by atoms with E-state index in [0.29, 0.717) is 6.61 Å². The minimum absolute atomic E-state index is 0.666. The summed E-state index contributed by atoms with van der Waals surface area (Å²) in [6.07, 6.45) is 1.86. The maximum atomic E-state index is 5.28. The Morgan fingerprint density at radius 2 is 2.36 bits per heavy atom. The Labute approximate surface area is 67.0 Å². The molecule has 1 rings (SSSR count). The minimum atomic E-state index is 0.666. The lowest BCUT2D eigenvalue weighted by molar-refractivity contribution is 0.128. The molecule has 62 valence electrons. The number of rotatable bonds is 3. The standard InChI is InChI=1S/C8H14N2O/c1-4-11-6-8-7(2)5-9-10(8)3/h5H,4,6H2,1-3H3. The Morgan fingerprint density at radius 3 is 2.82 bits per heavy atom. The molecule has 3 nitrogen and oxygen atoms in total. The van der Waals surface area contributed by atoms with Gasteiger partial charge in [0, 0.05) is 13.7 Å². The first-order valence-corrected chi connectivity index (χ1v) is 3.81. The summed E-state index contributed by atoms with van der Waals surface area (Å²) >= 11 is 0. The summed E-state index contributed by atoms with van der Waals surface area (Å²) in [6, 6.07) is 0. The SMILES string of the molecule is CCOCc1c(C)cnn1C. The zero-order valence-corrected chi connectivity index (χ0v) is 7.29. The summed E-state index contributed by atoms with van der Waals surface area (Å²) in [5.41, 5.74) is 2.35. The summed E-state index contributed by atoms with van der Waals surface area (Å²) < 4.78 is 7.13. The van der Waals surface area contributed by atoms with E-state index in [9.17, 15) is 0 Å². The van der Waals surface area contributed by atoms with Crippen molar-refractivity contribution >= 4 is 0 Å². The van der Waals surface area contributed by atoms with Gasteiger partial charge in [-0.15, -0.1) is 0 Å². The van der Waals surface area contributed by atoms with Gasteiger partial charge in [-0.05, 0) is 19.4 Å². The van der Waals surface area contributed by atoms with E-state index < -0.39 is 0 Å². The van der Waals surface area contributed by atoms with Crippen LogP contribution in [0.3, 0.4) is 0 Å². The molecule has 1 heterocycles. The van der Waals surface area contributed by atoms with E-state index in [-0.39, 0.29) is 0 Å². The van der Waals surface area contributed by atoms with Gasteiger partial charge in [0.25, 0.3) is 0 Å². The zero-order chi connectivity index (χ0) is 8.27. The molecule has 0 aliphatic carbocycles. The molecule has 0 N–H and O–H groups in total. The van der Waals surface area contributed by atoms with E-state index in [0.717, 1.165) is 12.3 Å². The Hall–Kier alpha value is -0.830. The number of ether oxygens (including phenoxy) is 1. The van der Waals surface area contributed by atoms with Crippen molar-refractivity contribution in [3.8, 4) is 0 Å². The number of hydrogen-bond acceptors (Lipinski definition) is 2. The van der Waals surface area contributed by atoms with E-state index in [1.54, 1.807) is 0 Å². The van der Waals surface area contributed by atoms with Crippen LogP contribution in [0, 0.1) is 6.92 Å². The van der Waals surface area contributed by atoms with Crippen molar-refractivity contribution in [3.63, 3.8) is 0 Å². The fourth-order valence-electron chi connectivity index (χ4n) is 0.979. The van der Waals surface area contributed by atoms with Crippen molar-refractivity contribution in [2.45, 2.75) is 20.5 Å². The highest BCUT2D eigenvalue weighted by atomic mass is 16.5. The van der Waals surface area contributed by atoms with Gasteiger partial charge < -0.3 is 4.74 Å². The Balaban J connectivity index is 2.67. The molecule has 3 heteroatoms. The Morgan fingerprint density at radius 1 is 1.64 bits per heavy atom. The summed E-state index contributed by atoms with van der Waals surface area (Å²) in [5, 5.41) is 4.11. The van der Waals surface area contributed by atoms with Crippen LogP contribution in [0.1, 0.15) is 18.2 Å². The fourth-order valence-corrected chi connectivity index (χ4v) is 0.979. The molecule has 1 aromatic heterocycles. The van der Waals surface area contributed by atoms with Crippen LogP contribution in [0.15, 0.2) is 6.20 Å². The van der Waals surface area contributed by atoms with E-state index in [2.05, 4.69) is 5.10 Å². The average molecular weight is 154 g/mol.